The number of nitrogens with zero attached hydrogens (tertiary/aromatic N) is 1. The smallest absolute Gasteiger partial charge is 0.169 e. The second-order valence-corrected chi connectivity index (χ2v) is 3.53. The van der Waals surface area contributed by atoms with E-state index in [1.165, 1.54) is 17.4 Å². The molecule has 0 saturated heterocycles. The maximum atomic E-state index is 13.3. The Morgan fingerprint density at radius 2 is 2.14 bits per heavy atom. The molecule has 2 aromatic rings. The number of benzene rings is 1. The maximum absolute atomic E-state index is 13.3. The molecule has 0 spiro atoms. The fraction of sp³-hybridized carbons (Fsp3) is 0. The minimum absolute atomic E-state index is 0.320. The lowest BCUT2D eigenvalue weighted by atomic mass is 10.2. The standard InChI is InChI=1S/C10H6FNOS/c11-9-4-2-1-3-8(9)10-12-7(5-13)6-14-10/h1-6H. The number of aldehydes is 1. The molecule has 0 radical (unpaired) electrons. The van der Waals surface area contributed by atoms with Gasteiger partial charge in [0.15, 0.2) is 6.29 Å². The molecule has 14 heavy (non-hydrogen) atoms. The number of halogens is 1. The molecule has 0 saturated carbocycles. The molecular formula is C10H6FNOS. The van der Waals surface area contributed by atoms with Crippen molar-refractivity contribution >= 4 is 17.6 Å². The molecule has 0 aliphatic carbocycles. The zero-order chi connectivity index (χ0) is 9.97. The number of hydrogen-bond donors (Lipinski definition) is 0. The van der Waals surface area contributed by atoms with Crippen LogP contribution in [0.3, 0.4) is 0 Å². The highest BCUT2D eigenvalue weighted by Crippen LogP contribution is 2.25. The molecule has 1 aromatic carbocycles. The summed E-state index contributed by atoms with van der Waals surface area (Å²) in [6.07, 6.45) is 0.654. The summed E-state index contributed by atoms with van der Waals surface area (Å²) in [6.45, 7) is 0. The minimum Gasteiger partial charge on any atom is -0.296 e. The Bertz CT molecular complexity index is 467. The second-order valence-electron chi connectivity index (χ2n) is 2.68. The van der Waals surface area contributed by atoms with Crippen LogP contribution in [0.1, 0.15) is 10.5 Å². The lowest BCUT2D eigenvalue weighted by molar-refractivity contribution is 0.111. The first-order chi connectivity index (χ1) is 6.81. The molecule has 0 aliphatic heterocycles. The van der Waals surface area contributed by atoms with Gasteiger partial charge in [-0.05, 0) is 12.1 Å². The number of carbonyl (C=O) groups excluding carboxylic acids is 1. The Morgan fingerprint density at radius 1 is 1.36 bits per heavy atom. The number of thiazole rings is 1. The molecule has 0 unspecified atom stereocenters. The van der Waals surface area contributed by atoms with Crippen LogP contribution in [-0.2, 0) is 0 Å². The summed E-state index contributed by atoms with van der Waals surface area (Å²) in [6, 6.07) is 6.37. The van der Waals surface area contributed by atoms with E-state index in [0.29, 0.717) is 22.6 Å². The minimum atomic E-state index is -0.320. The molecule has 2 nitrogen and oxygen atoms in total. The lowest BCUT2D eigenvalue weighted by Gasteiger charge is -1.96. The molecular weight excluding hydrogens is 201 g/mol. The summed E-state index contributed by atoms with van der Waals surface area (Å²) >= 11 is 1.26. The van der Waals surface area contributed by atoms with Crippen molar-refractivity contribution in [3.63, 3.8) is 0 Å². The van der Waals surface area contributed by atoms with Crippen molar-refractivity contribution in [1.82, 2.24) is 4.98 Å². The highest BCUT2D eigenvalue weighted by atomic mass is 32.1. The molecule has 4 heteroatoms. The summed E-state index contributed by atoms with van der Waals surface area (Å²) in [4.78, 5) is 14.4. The van der Waals surface area contributed by atoms with E-state index in [4.69, 9.17) is 0 Å². The van der Waals surface area contributed by atoms with Gasteiger partial charge in [-0.25, -0.2) is 9.37 Å². The van der Waals surface area contributed by atoms with Gasteiger partial charge < -0.3 is 0 Å². The zero-order valence-electron chi connectivity index (χ0n) is 7.11. The van der Waals surface area contributed by atoms with Crippen LogP contribution in [0.15, 0.2) is 29.6 Å². The number of hydrogen-bond acceptors (Lipinski definition) is 3. The van der Waals surface area contributed by atoms with E-state index in [-0.39, 0.29) is 5.82 Å². The summed E-state index contributed by atoms with van der Waals surface area (Å²) in [5.74, 6) is -0.320. The summed E-state index contributed by atoms with van der Waals surface area (Å²) in [5, 5.41) is 2.14. The molecule has 0 aliphatic rings. The molecule has 0 atom stereocenters. The van der Waals surface area contributed by atoms with Crippen LogP contribution >= 0.6 is 11.3 Å². The van der Waals surface area contributed by atoms with Crippen LogP contribution in [0, 0.1) is 5.82 Å². The van der Waals surface area contributed by atoms with Gasteiger partial charge in [0, 0.05) is 10.9 Å². The van der Waals surface area contributed by atoms with Gasteiger partial charge in [-0.3, -0.25) is 4.79 Å². The quantitative estimate of drug-likeness (QED) is 0.709. The van der Waals surface area contributed by atoms with Crippen molar-refractivity contribution in [3.05, 3.63) is 41.2 Å². The van der Waals surface area contributed by atoms with E-state index >= 15 is 0 Å². The Kier molecular flexibility index (Phi) is 2.37. The number of rotatable bonds is 2. The van der Waals surface area contributed by atoms with Crippen molar-refractivity contribution in [3.8, 4) is 10.6 Å². The molecule has 70 valence electrons. The highest BCUT2D eigenvalue weighted by molar-refractivity contribution is 7.13. The Hall–Kier alpha value is -1.55. The largest absolute Gasteiger partial charge is 0.296 e. The normalized spacial score (nSPS) is 10.1. The van der Waals surface area contributed by atoms with Crippen LogP contribution < -0.4 is 0 Å². The van der Waals surface area contributed by atoms with Crippen molar-refractivity contribution < 1.29 is 9.18 Å². The zero-order valence-corrected chi connectivity index (χ0v) is 7.92. The number of carbonyl (C=O) groups is 1. The van der Waals surface area contributed by atoms with Gasteiger partial charge in [0.1, 0.15) is 16.5 Å². The van der Waals surface area contributed by atoms with Crippen molar-refractivity contribution in [2.75, 3.05) is 0 Å². The van der Waals surface area contributed by atoms with Crippen LogP contribution in [0.5, 0.6) is 0 Å². The van der Waals surface area contributed by atoms with Gasteiger partial charge in [-0.1, -0.05) is 12.1 Å². The van der Waals surface area contributed by atoms with Crippen molar-refractivity contribution in [2.24, 2.45) is 0 Å². The molecule has 0 fully saturated rings. The maximum Gasteiger partial charge on any atom is 0.169 e. The highest BCUT2D eigenvalue weighted by Gasteiger charge is 2.07. The average Bonchev–Trinajstić information content (AvgIpc) is 2.67. The summed E-state index contributed by atoms with van der Waals surface area (Å²) in [5.41, 5.74) is 0.777. The fourth-order valence-corrected chi connectivity index (χ4v) is 1.89. The van der Waals surface area contributed by atoms with Crippen LogP contribution in [0.2, 0.25) is 0 Å². The number of aromatic nitrogens is 1. The van der Waals surface area contributed by atoms with Gasteiger partial charge in [0.25, 0.3) is 0 Å². The van der Waals surface area contributed by atoms with E-state index in [0.717, 1.165) is 0 Å². The fourth-order valence-electron chi connectivity index (χ4n) is 1.10. The molecule has 1 heterocycles. The van der Waals surface area contributed by atoms with Crippen LogP contribution in [0.25, 0.3) is 10.6 Å². The van der Waals surface area contributed by atoms with Gasteiger partial charge in [-0.15, -0.1) is 11.3 Å². The van der Waals surface area contributed by atoms with Gasteiger partial charge in [-0.2, -0.15) is 0 Å². The topological polar surface area (TPSA) is 30.0 Å². The third kappa shape index (κ3) is 1.56. The van der Waals surface area contributed by atoms with Crippen LogP contribution in [0.4, 0.5) is 4.39 Å². The van der Waals surface area contributed by atoms with E-state index in [9.17, 15) is 9.18 Å². The van der Waals surface area contributed by atoms with E-state index in [2.05, 4.69) is 4.98 Å². The first-order valence-corrected chi connectivity index (χ1v) is 4.85. The van der Waals surface area contributed by atoms with Gasteiger partial charge in [0.05, 0.1) is 0 Å². The predicted molar refractivity (Wildman–Crippen MR) is 52.9 cm³/mol. The molecule has 0 N–H and O–H groups in total. The Balaban J connectivity index is 2.49. The molecule has 2 rings (SSSR count). The van der Waals surface area contributed by atoms with Gasteiger partial charge >= 0.3 is 0 Å². The average molecular weight is 207 g/mol. The van der Waals surface area contributed by atoms with Crippen molar-refractivity contribution in [2.45, 2.75) is 0 Å². The summed E-state index contributed by atoms with van der Waals surface area (Å²) < 4.78 is 13.3. The molecule has 0 amide bonds. The molecule has 1 aromatic heterocycles. The third-order valence-electron chi connectivity index (χ3n) is 1.75. The van der Waals surface area contributed by atoms with E-state index in [1.54, 1.807) is 23.6 Å². The van der Waals surface area contributed by atoms with E-state index < -0.39 is 0 Å². The monoisotopic (exact) mass is 207 g/mol. The lowest BCUT2D eigenvalue weighted by Crippen LogP contribution is -1.83. The Morgan fingerprint density at radius 3 is 2.79 bits per heavy atom. The van der Waals surface area contributed by atoms with Gasteiger partial charge in [0.2, 0.25) is 0 Å². The predicted octanol–water partition coefficient (Wildman–Crippen LogP) is 2.76. The van der Waals surface area contributed by atoms with Crippen LogP contribution in [-0.4, -0.2) is 11.3 Å². The summed E-state index contributed by atoms with van der Waals surface area (Å²) in [7, 11) is 0. The Labute approximate surface area is 84.0 Å². The second kappa shape index (κ2) is 3.67. The first-order valence-electron chi connectivity index (χ1n) is 3.97. The van der Waals surface area contributed by atoms with E-state index in [1.807, 2.05) is 0 Å². The first kappa shape index (κ1) is 9.02. The third-order valence-corrected chi connectivity index (χ3v) is 2.64. The van der Waals surface area contributed by atoms with Crippen molar-refractivity contribution in [1.29, 1.82) is 0 Å². The SMILES string of the molecule is O=Cc1csc(-c2ccccc2F)n1. The molecule has 0 bridgehead atoms.